The average Bonchev–Trinajstić information content (AvgIpc) is 3.27. The lowest BCUT2D eigenvalue weighted by atomic mass is 10.2. The van der Waals surface area contributed by atoms with Gasteiger partial charge in [0.25, 0.3) is 0 Å². The highest BCUT2D eigenvalue weighted by Crippen LogP contribution is 2.29. The highest BCUT2D eigenvalue weighted by Gasteiger charge is 2.25. The Morgan fingerprint density at radius 2 is 2.10 bits per heavy atom. The molecule has 1 saturated carbocycles. The van der Waals surface area contributed by atoms with Gasteiger partial charge in [-0.2, -0.15) is 0 Å². The Morgan fingerprint density at radius 3 is 2.67 bits per heavy atom. The van der Waals surface area contributed by atoms with Crippen LogP contribution in [0.5, 0.6) is 0 Å². The molecule has 1 aliphatic carbocycles. The predicted octanol–water partition coefficient (Wildman–Crippen LogP) is 1.89. The molecule has 116 valence electrons. The zero-order chi connectivity index (χ0) is 15.5. The van der Waals surface area contributed by atoms with Crippen molar-refractivity contribution in [1.29, 1.82) is 0 Å². The van der Waals surface area contributed by atoms with Gasteiger partial charge in [0.15, 0.2) is 9.84 Å². The molecule has 1 aliphatic rings. The molecule has 0 bridgehead atoms. The third-order valence-corrected chi connectivity index (χ3v) is 5.47. The van der Waals surface area contributed by atoms with Gasteiger partial charge in [-0.05, 0) is 43.5 Å². The molecular formula is C15H21NO4S. The molecule has 0 atom stereocenters. The van der Waals surface area contributed by atoms with Gasteiger partial charge >= 0.3 is 5.97 Å². The van der Waals surface area contributed by atoms with E-state index in [0.29, 0.717) is 6.54 Å². The lowest BCUT2D eigenvalue weighted by molar-refractivity contribution is 0.0696. The Bertz CT molecular complexity index is 608. The van der Waals surface area contributed by atoms with Gasteiger partial charge in [0.1, 0.15) is 0 Å². The van der Waals surface area contributed by atoms with Crippen molar-refractivity contribution in [2.45, 2.75) is 24.7 Å². The highest BCUT2D eigenvalue weighted by atomic mass is 32.2. The summed E-state index contributed by atoms with van der Waals surface area (Å²) in [6.45, 7) is 4.31. The van der Waals surface area contributed by atoms with Crippen molar-refractivity contribution in [3.05, 3.63) is 29.8 Å². The molecule has 0 radical (unpaired) electrons. The van der Waals surface area contributed by atoms with Crippen LogP contribution in [0.15, 0.2) is 29.2 Å². The molecule has 6 heteroatoms. The number of aromatic carboxylic acids is 1. The summed E-state index contributed by atoms with van der Waals surface area (Å²) in [5.74, 6) is -0.365. The fourth-order valence-electron chi connectivity index (χ4n) is 2.23. The van der Waals surface area contributed by atoms with Gasteiger partial charge in [-0.25, -0.2) is 13.2 Å². The molecule has 1 aromatic rings. The molecule has 0 heterocycles. The maximum absolute atomic E-state index is 12.3. The fraction of sp³-hybridized carbons (Fsp3) is 0.533. The van der Waals surface area contributed by atoms with Gasteiger partial charge in [0.05, 0.1) is 16.2 Å². The van der Waals surface area contributed by atoms with Crippen LogP contribution in [-0.2, 0) is 9.84 Å². The molecular weight excluding hydrogens is 290 g/mol. The summed E-state index contributed by atoms with van der Waals surface area (Å²) in [5, 5.41) is 8.93. The Kier molecular flexibility index (Phi) is 5.00. The van der Waals surface area contributed by atoms with Gasteiger partial charge in [-0.1, -0.05) is 13.0 Å². The molecule has 5 nitrogen and oxygen atoms in total. The van der Waals surface area contributed by atoms with E-state index in [1.165, 1.54) is 37.1 Å². The summed E-state index contributed by atoms with van der Waals surface area (Å²) in [7, 11) is -3.44. The number of hydrogen-bond acceptors (Lipinski definition) is 4. The molecule has 0 amide bonds. The summed E-state index contributed by atoms with van der Waals surface area (Å²) >= 11 is 0. The van der Waals surface area contributed by atoms with Gasteiger partial charge in [-0.15, -0.1) is 0 Å². The summed E-state index contributed by atoms with van der Waals surface area (Å²) < 4.78 is 24.6. The predicted molar refractivity (Wildman–Crippen MR) is 80.3 cm³/mol. The van der Waals surface area contributed by atoms with Gasteiger partial charge in [0, 0.05) is 13.1 Å². The van der Waals surface area contributed by atoms with E-state index in [0.717, 1.165) is 19.0 Å². The van der Waals surface area contributed by atoms with Crippen LogP contribution in [0.4, 0.5) is 0 Å². The van der Waals surface area contributed by atoms with Crippen LogP contribution in [0.1, 0.15) is 30.1 Å². The van der Waals surface area contributed by atoms with E-state index >= 15 is 0 Å². The van der Waals surface area contributed by atoms with E-state index in [-0.39, 0.29) is 16.2 Å². The zero-order valence-electron chi connectivity index (χ0n) is 12.2. The molecule has 0 aliphatic heterocycles. The second-order valence-electron chi connectivity index (χ2n) is 5.49. The number of carboxylic acid groups (broad SMARTS) is 1. The first-order chi connectivity index (χ1) is 9.92. The van der Waals surface area contributed by atoms with Crippen LogP contribution >= 0.6 is 0 Å². The van der Waals surface area contributed by atoms with Crippen molar-refractivity contribution in [3.63, 3.8) is 0 Å². The normalized spacial score (nSPS) is 15.3. The van der Waals surface area contributed by atoms with Gasteiger partial charge < -0.3 is 10.0 Å². The maximum atomic E-state index is 12.3. The molecule has 0 unspecified atom stereocenters. The summed E-state index contributed by atoms with van der Waals surface area (Å²) in [5.41, 5.74) is 0.00130. The second-order valence-corrected chi connectivity index (χ2v) is 7.60. The first-order valence-electron chi connectivity index (χ1n) is 7.21. The molecule has 2 rings (SSSR count). The number of nitrogens with zero attached hydrogens (tertiary/aromatic N) is 1. The number of carbonyl (C=O) groups is 1. The van der Waals surface area contributed by atoms with Gasteiger partial charge in [0.2, 0.25) is 0 Å². The fourth-order valence-corrected chi connectivity index (χ4v) is 3.56. The number of hydrogen-bond donors (Lipinski definition) is 1. The van der Waals surface area contributed by atoms with Crippen molar-refractivity contribution in [2.24, 2.45) is 5.92 Å². The minimum absolute atomic E-state index is 0.00130. The third-order valence-electron chi connectivity index (χ3n) is 3.78. The number of carboxylic acids is 1. The molecule has 1 fully saturated rings. The maximum Gasteiger partial charge on any atom is 0.335 e. The van der Waals surface area contributed by atoms with Crippen LogP contribution < -0.4 is 0 Å². The average molecular weight is 311 g/mol. The molecule has 1 N–H and O–H groups in total. The number of benzene rings is 1. The van der Waals surface area contributed by atoms with Crippen LogP contribution in [0.25, 0.3) is 0 Å². The first kappa shape index (κ1) is 16.0. The molecule has 21 heavy (non-hydrogen) atoms. The van der Waals surface area contributed by atoms with Crippen molar-refractivity contribution < 1.29 is 18.3 Å². The van der Waals surface area contributed by atoms with Crippen LogP contribution in [0, 0.1) is 5.92 Å². The Morgan fingerprint density at radius 1 is 1.38 bits per heavy atom. The van der Waals surface area contributed by atoms with Crippen molar-refractivity contribution in [3.8, 4) is 0 Å². The largest absolute Gasteiger partial charge is 0.478 e. The van der Waals surface area contributed by atoms with Crippen LogP contribution in [0.2, 0.25) is 0 Å². The Balaban J connectivity index is 2.03. The first-order valence-corrected chi connectivity index (χ1v) is 8.86. The number of rotatable bonds is 8. The highest BCUT2D eigenvalue weighted by molar-refractivity contribution is 7.91. The SMILES string of the molecule is CCN(CCS(=O)(=O)c1cccc(C(=O)O)c1)CC1CC1. The quantitative estimate of drug-likeness (QED) is 0.793. The minimum Gasteiger partial charge on any atom is -0.478 e. The van der Waals surface area contributed by atoms with Crippen LogP contribution in [-0.4, -0.2) is 49.8 Å². The lowest BCUT2D eigenvalue weighted by Gasteiger charge is -2.19. The molecule has 0 spiro atoms. The smallest absolute Gasteiger partial charge is 0.335 e. The molecule has 0 aromatic heterocycles. The van der Waals surface area contributed by atoms with E-state index in [4.69, 9.17) is 5.11 Å². The Labute approximate surface area is 125 Å². The number of sulfone groups is 1. The monoisotopic (exact) mass is 311 g/mol. The Hall–Kier alpha value is -1.40. The van der Waals surface area contributed by atoms with E-state index in [1.54, 1.807) is 0 Å². The van der Waals surface area contributed by atoms with Crippen molar-refractivity contribution in [2.75, 3.05) is 25.4 Å². The summed E-state index contributed by atoms with van der Waals surface area (Å²) in [6.07, 6.45) is 2.48. The zero-order valence-corrected chi connectivity index (χ0v) is 13.0. The van der Waals surface area contributed by atoms with E-state index in [9.17, 15) is 13.2 Å². The summed E-state index contributed by atoms with van der Waals surface area (Å²) in [6, 6.07) is 5.55. The lowest BCUT2D eigenvalue weighted by Crippen LogP contribution is -2.31. The van der Waals surface area contributed by atoms with Gasteiger partial charge in [-0.3, -0.25) is 0 Å². The van der Waals surface area contributed by atoms with Crippen LogP contribution in [0.3, 0.4) is 0 Å². The standard InChI is InChI=1S/C15H21NO4S/c1-2-16(11-12-6-7-12)8-9-21(19,20)14-5-3-4-13(10-14)15(17)18/h3-5,10,12H,2,6-9,11H2,1H3,(H,17,18). The minimum atomic E-state index is -3.44. The van der Waals surface area contributed by atoms with Crippen molar-refractivity contribution in [1.82, 2.24) is 4.90 Å². The van der Waals surface area contributed by atoms with E-state index < -0.39 is 15.8 Å². The molecule has 1 aromatic carbocycles. The van der Waals surface area contributed by atoms with E-state index in [2.05, 4.69) is 4.90 Å². The topological polar surface area (TPSA) is 74.7 Å². The van der Waals surface area contributed by atoms with Crippen molar-refractivity contribution >= 4 is 15.8 Å². The second kappa shape index (κ2) is 6.58. The molecule has 0 saturated heterocycles. The summed E-state index contributed by atoms with van der Waals surface area (Å²) in [4.78, 5) is 13.2. The van der Waals surface area contributed by atoms with E-state index in [1.807, 2.05) is 6.92 Å². The third kappa shape index (κ3) is 4.54.